The molecule has 1 saturated carbocycles. The van der Waals surface area contributed by atoms with Gasteiger partial charge in [0, 0.05) is 31.3 Å². The third-order valence-electron chi connectivity index (χ3n) is 5.11. The van der Waals surface area contributed by atoms with Crippen LogP contribution in [-0.2, 0) is 20.8 Å². The number of ether oxygens (including phenoxy) is 2. The van der Waals surface area contributed by atoms with Crippen molar-refractivity contribution >= 4 is 11.9 Å². The largest absolute Gasteiger partial charge is 0.461 e. The molecule has 1 aromatic heterocycles. The minimum Gasteiger partial charge on any atom is -0.461 e. The summed E-state index contributed by atoms with van der Waals surface area (Å²) in [6.07, 6.45) is 4.17. The Hall–Kier alpha value is -1.82. The number of nitrogens with zero attached hydrogens (tertiary/aromatic N) is 1. The van der Waals surface area contributed by atoms with Crippen molar-refractivity contribution in [3.05, 3.63) is 22.5 Å². The average molecular weight is 348 g/mol. The van der Waals surface area contributed by atoms with Gasteiger partial charge in [-0.15, -0.1) is 0 Å². The monoisotopic (exact) mass is 348 g/mol. The van der Waals surface area contributed by atoms with Crippen LogP contribution in [-0.4, -0.2) is 47.6 Å². The Morgan fingerprint density at radius 1 is 1.28 bits per heavy atom. The van der Waals surface area contributed by atoms with Gasteiger partial charge in [-0.1, -0.05) is 0 Å². The predicted octanol–water partition coefficient (Wildman–Crippen LogP) is 2.73. The maximum absolute atomic E-state index is 12.7. The van der Waals surface area contributed by atoms with E-state index < -0.39 is 0 Å². The van der Waals surface area contributed by atoms with Crippen LogP contribution in [0, 0.1) is 19.8 Å². The van der Waals surface area contributed by atoms with E-state index in [9.17, 15) is 9.59 Å². The predicted molar refractivity (Wildman–Crippen MR) is 93.3 cm³/mol. The Bertz CT molecular complexity index is 642. The second kappa shape index (κ2) is 7.60. The second-order valence-corrected chi connectivity index (χ2v) is 7.08. The second-order valence-electron chi connectivity index (χ2n) is 7.08. The third kappa shape index (κ3) is 4.06. The van der Waals surface area contributed by atoms with Crippen molar-refractivity contribution in [3.63, 3.8) is 0 Å². The number of aromatic amines is 1. The van der Waals surface area contributed by atoms with Gasteiger partial charge in [0.25, 0.3) is 0 Å². The molecular formula is C19H28N2O4. The fraction of sp³-hybridized carbons (Fsp3) is 0.684. The van der Waals surface area contributed by atoms with Gasteiger partial charge in [-0.3, -0.25) is 4.79 Å². The van der Waals surface area contributed by atoms with Crippen LogP contribution in [0.5, 0.6) is 0 Å². The van der Waals surface area contributed by atoms with Crippen molar-refractivity contribution in [2.24, 2.45) is 5.92 Å². The zero-order chi connectivity index (χ0) is 18.0. The number of nitrogens with one attached hydrogen (secondary N) is 1. The highest BCUT2D eigenvalue weighted by Crippen LogP contribution is 2.33. The van der Waals surface area contributed by atoms with E-state index in [1.165, 1.54) is 0 Å². The lowest BCUT2D eigenvalue weighted by Crippen LogP contribution is -2.38. The summed E-state index contributed by atoms with van der Waals surface area (Å²) in [6, 6.07) is 0. The van der Waals surface area contributed by atoms with Gasteiger partial charge < -0.3 is 19.4 Å². The zero-order valence-corrected chi connectivity index (χ0v) is 15.4. The summed E-state index contributed by atoms with van der Waals surface area (Å²) in [5.74, 6) is 0.0483. The molecular weight excluding hydrogens is 320 g/mol. The number of aromatic nitrogens is 1. The first-order chi connectivity index (χ1) is 12.0. The molecule has 1 atom stereocenters. The minimum atomic E-state index is -0.339. The number of hydrogen-bond donors (Lipinski definition) is 1. The molecule has 1 aliphatic carbocycles. The van der Waals surface area contributed by atoms with Gasteiger partial charge in [0.1, 0.15) is 5.69 Å². The first-order valence-electron chi connectivity index (χ1n) is 9.26. The normalized spacial score (nSPS) is 19.9. The Morgan fingerprint density at radius 3 is 2.64 bits per heavy atom. The standard InChI is InChI=1S/C19H28N2O4/c1-4-24-19(23)17-12(2)16(13(3)20-17)11-21(18(22)14-7-8-14)10-15-6-5-9-25-15/h14-15,20H,4-11H2,1-3H3/t15-/m1/s1. The molecule has 1 aromatic rings. The molecule has 1 aliphatic heterocycles. The Balaban J connectivity index is 1.78. The number of H-pyrrole nitrogens is 1. The molecule has 6 heteroatoms. The van der Waals surface area contributed by atoms with Crippen molar-refractivity contribution < 1.29 is 19.1 Å². The van der Waals surface area contributed by atoms with Crippen LogP contribution in [0.15, 0.2) is 0 Å². The summed E-state index contributed by atoms with van der Waals surface area (Å²) in [6.45, 7) is 7.93. The quantitative estimate of drug-likeness (QED) is 0.769. The van der Waals surface area contributed by atoms with E-state index in [1.54, 1.807) is 6.92 Å². The number of carbonyl (C=O) groups is 2. The Morgan fingerprint density at radius 2 is 2.04 bits per heavy atom. The molecule has 1 saturated heterocycles. The fourth-order valence-corrected chi connectivity index (χ4v) is 3.48. The van der Waals surface area contributed by atoms with E-state index in [4.69, 9.17) is 9.47 Å². The maximum atomic E-state index is 12.7. The van der Waals surface area contributed by atoms with E-state index in [2.05, 4.69) is 4.98 Å². The molecule has 138 valence electrons. The first kappa shape index (κ1) is 18.0. The lowest BCUT2D eigenvalue weighted by atomic mass is 10.1. The van der Waals surface area contributed by atoms with Crippen molar-refractivity contribution in [1.29, 1.82) is 0 Å². The molecule has 2 aliphatic rings. The summed E-state index contributed by atoms with van der Waals surface area (Å²) in [4.78, 5) is 29.9. The lowest BCUT2D eigenvalue weighted by molar-refractivity contribution is -0.134. The van der Waals surface area contributed by atoms with Crippen LogP contribution in [0.3, 0.4) is 0 Å². The van der Waals surface area contributed by atoms with E-state index in [1.807, 2.05) is 18.7 Å². The molecule has 3 rings (SSSR count). The highest BCUT2D eigenvalue weighted by Gasteiger charge is 2.35. The van der Waals surface area contributed by atoms with Crippen LogP contribution < -0.4 is 0 Å². The summed E-state index contributed by atoms with van der Waals surface area (Å²) < 4.78 is 10.8. The van der Waals surface area contributed by atoms with Gasteiger partial charge in [-0.05, 0) is 57.6 Å². The molecule has 0 bridgehead atoms. The van der Waals surface area contributed by atoms with E-state index >= 15 is 0 Å². The molecule has 2 heterocycles. The molecule has 0 aromatic carbocycles. The van der Waals surface area contributed by atoms with Crippen LogP contribution in [0.1, 0.15) is 59.9 Å². The molecule has 2 fully saturated rings. The van der Waals surface area contributed by atoms with Crippen LogP contribution in [0.25, 0.3) is 0 Å². The highest BCUT2D eigenvalue weighted by atomic mass is 16.5. The number of esters is 1. The average Bonchev–Trinajstić information content (AvgIpc) is 3.24. The zero-order valence-electron chi connectivity index (χ0n) is 15.4. The number of carbonyl (C=O) groups excluding carboxylic acids is 2. The lowest BCUT2D eigenvalue weighted by Gasteiger charge is -2.26. The first-order valence-corrected chi connectivity index (χ1v) is 9.26. The number of hydrogen-bond acceptors (Lipinski definition) is 4. The fourth-order valence-electron chi connectivity index (χ4n) is 3.48. The number of amides is 1. The van der Waals surface area contributed by atoms with Gasteiger partial charge in [0.2, 0.25) is 5.91 Å². The Kier molecular flexibility index (Phi) is 5.47. The van der Waals surface area contributed by atoms with E-state index in [-0.39, 0.29) is 23.9 Å². The molecule has 6 nitrogen and oxygen atoms in total. The van der Waals surface area contributed by atoms with Crippen LogP contribution in [0.4, 0.5) is 0 Å². The topological polar surface area (TPSA) is 71.6 Å². The van der Waals surface area contributed by atoms with Gasteiger partial charge in [0.05, 0.1) is 12.7 Å². The highest BCUT2D eigenvalue weighted by molar-refractivity contribution is 5.90. The van der Waals surface area contributed by atoms with Gasteiger partial charge in [-0.25, -0.2) is 4.79 Å². The van der Waals surface area contributed by atoms with Gasteiger partial charge >= 0.3 is 5.97 Å². The molecule has 25 heavy (non-hydrogen) atoms. The summed E-state index contributed by atoms with van der Waals surface area (Å²) in [5.41, 5.74) is 3.29. The minimum absolute atomic E-state index is 0.131. The van der Waals surface area contributed by atoms with Crippen molar-refractivity contribution in [3.8, 4) is 0 Å². The molecule has 0 unspecified atom stereocenters. The molecule has 0 radical (unpaired) electrons. The smallest absolute Gasteiger partial charge is 0.355 e. The van der Waals surface area contributed by atoms with Crippen LogP contribution >= 0.6 is 0 Å². The van der Waals surface area contributed by atoms with E-state index in [0.29, 0.717) is 25.4 Å². The maximum Gasteiger partial charge on any atom is 0.355 e. The van der Waals surface area contributed by atoms with Crippen molar-refractivity contribution in [2.45, 2.75) is 59.1 Å². The van der Waals surface area contributed by atoms with E-state index in [0.717, 1.165) is 49.1 Å². The van der Waals surface area contributed by atoms with Gasteiger partial charge in [-0.2, -0.15) is 0 Å². The summed E-state index contributed by atoms with van der Waals surface area (Å²) in [5, 5.41) is 0. The molecule has 1 amide bonds. The third-order valence-corrected chi connectivity index (χ3v) is 5.11. The summed E-state index contributed by atoms with van der Waals surface area (Å²) >= 11 is 0. The Labute approximate surface area is 148 Å². The number of aryl methyl sites for hydroxylation is 1. The van der Waals surface area contributed by atoms with Gasteiger partial charge in [0.15, 0.2) is 0 Å². The van der Waals surface area contributed by atoms with Crippen LogP contribution in [0.2, 0.25) is 0 Å². The SMILES string of the molecule is CCOC(=O)c1[nH]c(C)c(CN(C[C@H]2CCCO2)C(=O)C2CC2)c1C. The van der Waals surface area contributed by atoms with Crippen molar-refractivity contribution in [1.82, 2.24) is 9.88 Å². The summed E-state index contributed by atoms with van der Waals surface area (Å²) in [7, 11) is 0. The van der Waals surface area contributed by atoms with Crippen molar-refractivity contribution in [2.75, 3.05) is 19.8 Å². The number of rotatable bonds is 7. The molecule has 1 N–H and O–H groups in total. The molecule has 0 spiro atoms.